The summed E-state index contributed by atoms with van der Waals surface area (Å²) in [7, 11) is 0. The van der Waals surface area contributed by atoms with Crippen LogP contribution in [0, 0.1) is 0 Å². The molecule has 0 unspecified atom stereocenters. The monoisotopic (exact) mass is 466 g/mol. The van der Waals surface area contributed by atoms with Gasteiger partial charge in [-0.05, 0) is 45.8 Å². The zero-order valence-electron chi connectivity index (χ0n) is 19.0. The minimum absolute atomic E-state index is 0.763. The second-order valence-electron chi connectivity index (χ2n) is 8.45. The van der Waals surface area contributed by atoms with Crippen LogP contribution in [0.5, 0.6) is 0 Å². The fourth-order valence-corrected chi connectivity index (χ4v) is 4.78. The van der Waals surface area contributed by atoms with Crippen molar-refractivity contribution in [1.29, 1.82) is 0 Å². The van der Waals surface area contributed by atoms with Gasteiger partial charge in [0.25, 0.3) is 0 Å². The lowest BCUT2D eigenvalue weighted by molar-refractivity contribution is 0.558. The molecule has 0 amide bonds. The molecule has 0 aliphatic heterocycles. The number of aromatic nitrogens is 4. The van der Waals surface area contributed by atoms with Crippen LogP contribution in [0.15, 0.2) is 119 Å². The van der Waals surface area contributed by atoms with Gasteiger partial charge in [-0.2, -0.15) is 0 Å². The van der Waals surface area contributed by atoms with Gasteiger partial charge in [0, 0.05) is 34.6 Å². The summed E-state index contributed by atoms with van der Waals surface area (Å²) in [6.07, 6.45) is 9.78. The van der Waals surface area contributed by atoms with Crippen molar-refractivity contribution >= 4 is 21.5 Å². The lowest BCUT2D eigenvalue weighted by atomic mass is 9.88. The molecular formula is C30H18N4O2. The molecule has 0 atom stereocenters. The summed E-state index contributed by atoms with van der Waals surface area (Å²) in [5.41, 5.74) is 7.33. The van der Waals surface area contributed by atoms with Gasteiger partial charge in [0.1, 0.15) is 23.9 Å². The summed E-state index contributed by atoms with van der Waals surface area (Å²) in [6.45, 7) is 0. The Hall–Kier alpha value is -5.10. The van der Waals surface area contributed by atoms with Crippen LogP contribution in [0.25, 0.3) is 66.6 Å². The topological polar surface area (TPSA) is 77.8 Å². The maximum absolute atomic E-state index is 5.13. The van der Waals surface area contributed by atoms with Crippen molar-refractivity contribution in [3.8, 4) is 45.0 Å². The summed E-state index contributed by atoms with van der Waals surface area (Å²) in [5.74, 6) is 0. The number of nitrogens with zero attached hydrogens (tertiary/aromatic N) is 4. The first kappa shape index (κ1) is 20.3. The highest BCUT2D eigenvalue weighted by Crippen LogP contribution is 2.42. The van der Waals surface area contributed by atoms with Crippen LogP contribution in [0.2, 0.25) is 0 Å². The zero-order chi connectivity index (χ0) is 23.9. The molecule has 36 heavy (non-hydrogen) atoms. The Morgan fingerprint density at radius 1 is 0.417 bits per heavy atom. The molecule has 0 radical (unpaired) electrons. The Bertz CT molecular complexity index is 1610. The van der Waals surface area contributed by atoms with Crippen molar-refractivity contribution in [2.75, 3.05) is 0 Å². The molecule has 6 nitrogen and oxygen atoms in total. The van der Waals surface area contributed by atoms with Gasteiger partial charge in [-0.15, -0.1) is 0 Å². The molecule has 0 spiro atoms. The molecular weight excluding hydrogens is 448 g/mol. The number of rotatable bonds is 4. The minimum atomic E-state index is 0.763. The second kappa shape index (κ2) is 8.29. The average Bonchev–Trinajstić information content (AvgIpc) is 3.67. The van der Waals surface area contributed by atoms with E-state index in [0.29, 0.717) is 0 Å². The number of hydrogen-bond donors (Lipinski definition) is 0. The van der Waals surface area contributed by atoms with Gasteiger partial charge in [0.05, 0.1) is 11.4 Å². The largest absolute Gasteiger partial charge is 0.451 e. The van der Waals surface area contributed by atoms with E-state index in [4.69, 9.17) is 18.8 Å². The zero-order valence-corrected chi connectivity index (χ0v) is 19.0. The third-order valence-electron chi connectivity index (χ3n) is 6.43. The first-order valence-electron chi connectivity index (χ1n) is 11.5. The molecule has 0 fully saturated rings. The summed E-state index contributed by atoms with van der Waals surface area (Å²) in [6, 6.07) is 25.0. The van der Waals surface area contributed by atoms with Crippen molar-refractivity contribution in [1.82, 2.24) is 19.9 Å². The molecule has 4 aromatic heterocycles. The Kier molecular flexibility index (Phi) is 4.67. The van der Waals surface area contributed by atoms with Crippen LogP contribution in [0.1, 0.15) is 0 Å². The predicted octanol–water partition coefficient (Wildman–Crippen LogP) is 7.43. The third kappa shape index (κ3) is 3.27. The molecule has 7 rings (SSSR count). The lowest BCUT2D eigenvalue weighted by Gasteiger charge is -2.17. The van der Waals surface area contributed by atoms with E-state index in [0.717, 1.165) is 66.6 Å². The van der Waals surface area contributed by atoms with E-state index < -0.39 is 0 Å². The van der Waals surface area contributed by atoms with Gasteiger partial charge in [-0.3, -0.25) is 9.97 Å². The van der Waals surface area contributed by atoms with Crippen molar-refractivity contribution in [3.63, 3.8) is 0 Å². The standard InChI is InChI=1S/C30H18N4O2/c1-2-6-22-21(5-1)29(25-11-9-19(13-31-25)27-15-35-17-33-27)23-7-3-4-8-24(23)30(22)26-12-10-20(14-32-26)28-16-36-18-34-28/h1-18H. The second-order valence-corrected chi connectivity index (χ2v) is 8.45. The van der Waals surface area contributed by atoms with E-state index in [1.807, 2.05) is 36.7 Å². The smallest absolute Gasteiger partial charge is 0.181 e. The summed E-state index contributed by atoms with van der Waals surface area (Å²) >= 11 is 0. The Balaban J connectivity index is 1.45. The molecule has 170 valence electrons. The van der Waals surface area contributed by atoms with Crippen LogP contribution in [0.4, 0.5) is 0 Å². The fourth-order valence-electron chi connectivity index (χ4n) is 4.78. The molecule has 6 heteroatoms. The van der Waals surface area contributed by atoms with Gasteiger partial charge in [-0.1, -0.05) is 48.5 Å². The van der Waals surface area contributed by atoms with Crippen molar-refractivity contribution in [2.45, 2.75) is 0 Å². The molecule has 3 aromatic carbocycles. The van der Waals surface area contributed by atoms with Gasteiger partial charge >= 0.3 is 0 Å². The predicted molar refractivity (Wildman–Crippen MR) is 139 cm³/mol. The number of oxazole rings is 2. The molecule has 0 saturated carbocycles. The lowest BCUT2D eigenvalue weighted by Crippen LogP contribution is -1.94. The maximum atomic E-state index is 5.13. The van der Waals surface area contributed by atoms with E-state index in [1.165, 1.54) is 12.8 Å². The van der Waals surface area contributed by atoms with E-state index in [9.17, 15) is 0 Å². The van der Waals surface area contributed by atoms with Crippen LogP contribution in [-0.4, -0.2) is 19.9 Å². The van der Waals surface area contributed by atoms with Crippen LogP contribution < -0.4 is 0 Å². The van der Waals surface area contributed by atoms with Crippen LogP contribution >= 0.6 is 0 Å². The molecule has 0 saturated heterocycles. The first-order chi connectivity index (χ1) is 17.9. The summed E-state index contributed by atoms with van der Waals surface area (Å²) in [5, 5.41) is 4.48. The fraction of sp³-hybridized carbons (Fsp3) is 0. The molecule has 4 heterocycles. The highest BCUT2D eigenvalue weighted by Gasteiger charge is 2.18. The van der Waals surface area contributed by atoms with E-state index >= 15 is 0 Å². The van der Waals surface area contributed by atoms with E-state index in [-0.39, 0.29) is 0 Å². The molecule has 7 aromatic rings. The quantitative estimate of drug-likeness (QED) is 0.251. The van der Waals surface area contributed by atoms with Gasteiger partial charge in [0.2, 0.25) is 0 Å². The normalized spacial score (nSPS) is 11.3. The maximum Gasteiger partial charge on any atom is 0.181 e. The van der Waals surface area contributed by atoms with Gasteiger partial charge < -0.3 is 8.83 Å². The highest BCUT2D eigenvalue weighted by atomic mass is 16.3. The Labute approximate surface area is 205 Å². The molecule has 0 N–H and O–H groups in total. The molecule has 0 bridgehead atoms. The average molecular weight is 467 g/mol. The van der Waals surface area contributed by atoms with E-state index in [1.54, 1.807) is 12.5 Å². The van der Waals surface area contributed by atoms with Crippen molar-refractivity contribution < 1.29 is 8.83 Å². The summed E-state index contributed by atoms with van der Waals surface area (Å²) < 4.78 is 10.3. The number of pyridine rings is 2. The number of fused-ring (bicyclic) bond motifs is 2. The number of benzene rings is 3. The highest BCUT2D eigenvalue weighted by molar-refractivity contribution is 6.20. The first-order valence-corrected chi connectivity index (χ1v) is 11.5. The Morgan fingerprint density at radius 2 is 0.833 bits per heavy atom. The van der Waals surface area contributed by atoms with Crippen LogP contribution in [0.3, 0.4) is 0 Å². The van der Waals surface area contributed by atoms with Crippen molar-refractivity contribution in [3.05, 3.63) is 111 Å². The number of hydrogen-bond acceptors (Lipinski definition) is 6. The SMILES string of the molecule is c1ccc2c(-c3ccc(-c4cocn4)cn3)c3ccccc3c(-c3ccc(-c4cocn4)cn3)c2c1. The Morgan fingerprint density at radius 3 is 1.14 bits per heavy atom. The van der Waals surface area contributed by atoms with Gasteiger partial charge in [-0.25, -0.2) is 9.97 Å². The van der Waals surface area contributed by atoms with Crippen molar-refractivity contribution in [2.24, 2.45) is 0 Å². The molecule has 0 aliphatic carbocycles. The van der Waals surface area contributed by atoms with E-state index in [2.05, 4.69) is 58.5 Å². The van der Waals surface area contributed by atoms with Crippen LogP contribution in [-0.2, 0) is 0 Å². The summed E-state index contributed by atoms with van der Waals surface area (Å²) in [4.78, 5) is 18.1. The minimum Gasteiger partial charge on any atom is -0.451 e. The third-order valence-corrected chi connectivity index (χ3v) is 6.43. The van der Waals surface area contributed by atoms with Gasteiger partial charge in [0.15, 0.2) is 12.8 Å². The molecule has 0 aliphatic rings.